The molecule has 0 saturated heterocycles. The summed E-state index contributed by atoms with van der Waals surface area (Å²) in [6.45, 7) is 5.33. The molecule has 160 valence electrons. The van der Waals surface area contributed by atoms with E-state index in [-0.39, 0.29) is 11.6 Å². The van der Waals surface area contributed by atoms with Crippen LogP contribution in [0.3, 0.4) is 0 Å². The van der Waals surface area contributed by atoms with E-state index in [1.807, 2.05) is 37.2 Å². The molecule has 0 unspecified atom stereocenters. The second-order valence-electron chi connectivity index (χ2n) is 7.99. The number of ether oxygens (including phenoxy) is 1. The topological polar surface area (TPSA) is 29.5 Å². The van der Waals surface area contributed by atoms with Crippen molar-refractivity contribution in [2.45, 2.75) is 13.8 Å². The van der Waals surface area contributed by atoms with Crippen molar-refractivity contribution in [1.29, 1.82) is 0 Å². The van der Waals surface area contributed by atoms with E-state index >= 15 is 0 Å². The smallest absolute Gasteiger partial charge is 0.189 e. The fraction of sp³-hybridized carbons (Fsp3) is 0.222. The van der Waals surface area contributed by atoms with Crippen molar-refractivity contribution in [2.75, 3.05) is 27.2 Å². The molecule has 0 heterocycles. The summed E-state index contributed by atoms with van der Waals surface area (Å²) in [6.07, 6.45) is 3.09. The van der Waals surface area contributed by atoms with Gasteiger partial charge >= 0.3 is 0 Å². The monoisotopic (exact) mass is 417 g/mol. The Balaban J connectivity index is 1.95. The molecule has 0 spiro atoms. The molecule has 4 heteroatoms. The van der Waals surface area contributed by atoms with Gasteiger partial charge < -0.3 is 9.64 Å². The van der Waals surface area contributed by atoms with Crippen LogP contribution in [-0.4, -0.2) is 37.9 Å². The van der Waals surface area contributed by atoms with E-state index in [9.17, 15) is 9.18 Å². The van der Waals surface area contributed by atoms with Crippen LogP contribution in [0.15, 0.2) is 66.7 Å². The zero-order valence-electron chi connectivity index (χ0n) is 18.5. The third-order valence-electron chi connectivity index (χ3n) is 4.87. The van der Waals surface area contributed by atoms with E-state index in [0.717, 1.165) is 17.7 Å². The molecule has 3 nitrogen and oxygen atoms in total. The van der Waals surface area contributed by atoms with Gasteiger partial charge in [-0.25, -0.2) is 4.39 Å². The Hall–Kier alpha value is -3.24. The summed E-state index contributed by atoms with van der Waals surface area (Å²) in [5.74, 6) is 0.0262. The lowest BCUT2D eigenvalue weighted by Gasteiger charge is -2.14. The molecule has 0 atom stereocenters. The Morgan fingerprint density at radius 1 is 0.968 bits per heavy atom. The second-order valence-corrected chi connectivity index (χ2v) is 7.99. The maximum atomic E-state index is 13.4. The summed E-state index contributed by atoms with van der Waals surface area (Å²) in [5, 5.41) is 0. The van der Waals surface area contributed by atoms with Gasteiger partial charge in [0.05, 0.1) is 5.56 Å². The first-order valence-electron chi connectivity index (χ1n) is 10.3. The first-order valence-corrected chi connectivity index (χ1v) is 10.3. The summed E-state index contributed by atoms with van der Waals surface area (Å²) in [7, 11) is 3.95. The summed E-state index contributed by atoms with van der Waals surface area (Å²) < 4.78 is 19.4. The lowest BCUT2D eigenvalue weighted by atomic mass is 9.97. The molecule has 0 N–H and O–H groups in total. The summed E-state index contributed by atoms with van der Waals surface area (Å²) in [4.78, 5) is 15.1. The number of nitrogens with zero attached hydrogens (tertiary/aromatic N) is 1. The Morgan fingerprint density at radius 3 is 2.39 bits per heavy atom. The van der Waals surface area contributed by atoms with Crippen molar-refractivity contribution in [2.24, 2.45) is 0 Å². The van der Waals surface area contributed by atoms with Crippen LogP contribution in [0, 0.1) is 19.7 Å². The number of allylic oxidation sites excluding steroid dienone is 1. The maximum Gasteiger partial charge on any atom is 0.189 e. The minimum Gasteiger partial charge on any atom is -0.491 e. The van der Waals surface area contributed by atoms with E-state index in [4.69, 9.17) is 4.74 Å². The molecule has 0 bridgehead atoms. The number of aryl methyl sites for hydroxylation is 2. The number of carbonyl (C=O) groups is 1. The Labute approximate surface area is 183 Å². The molecule has 0 amide bonds. The Bertz CT molecular complexity index is 1080. The molecule has 0 aliphatic carbocycles. The lowest BCUT2D eigenvalue weighted by molar-refractivity contribution is 0.104. The highest BCUT2D eigenvalue weighted by atomic mass is 19.1. The van der Waals surface area contributed by atoms with Crippen LogP contribution in [0.2, 0.25) is 0 Å². The third-order valence-corrected chi connectivity index (χ3v) is 4.87. The van der Waals surface area contributed by atoms with Crippen molar-refractivity contribution in [3.05, 3.63) is 94.8 Å². The molecule has 31 heavy (non-hydrogen) atoms. The van der Waals surface area contributed by atoms with E-state index in [1.165, 1.54) is 29.3 Å². The number of ketones is 1. The van der Waals surface area contributed by atoms with Crippen LogP contribution in [0.25, 0.3) is 17.2 Å². The number of benzene rings is 3. The van der Waals surface area contributed by atoms with Crippen molar-refractivity contribution in [3.8, 4) is 16.9 Å². The molecule has 0 aliphatic rings. The number of hydrogen-bond acceptors (Lipinski definition) is 3. The maximum absolute atomic E-state index is 13.4. The molecule has 0 radical (unpaired) electrons. The summed E-state index contributed by atoms with van der Waals surface area (Å²) in [6, 6.07) is 18.2. The first kappa shape index (κ1) is 22.4. The third kappa shape index (κ3) is 6.37. The number of hydrogen-bond donors (Lipinski definition) is 0. The van der Waals surface area contributed by atoms with E-state index in [1.54, 1.807) is 18.2 Å². The van der Waals surface area contributed by atoms with Crippen LogP contribution in [0.4, 0.5) is 4.39 Å². The zero-order chi connectivity index (χ0) is 22.4. The molecule has 3 aromatic carbocycles. The van der Waals surface area contributed by atoms with Crippen LogP contribution in [0.5, 0.6) is 5.75 Å². The SMILES string of the molecule is Cc1cc(C)cc(-c2ccc(OCCN(C)C)c(C(=O)C=Cc3cccc(F)c3)c2)c1. The van der Waals surface area contributed by atoms with Crippen molar-refractivity contribution >= 4 is 11.9 Å². The lowest BCUT2D eigenvalue weighted by Crippen LogP contribution is -2.20. The minimum absolute atomic E-state index is 0.185. The molecule has 0 aliphatic heterocycles. The largest absolute Gasteiger partial charge is 0.491 e. The second kappa shape index (κ2) is 10.2. The standard InChI is InChI=1S/C27H28FNO2/c1-19-14-20(2)16-23(15-19)22-9-11-27(31-13-12-29(3)4)25(18-22)26(30)10-8-21-6-5-7-24(28)17-21/h5-11,14-18H,12-13H2,1-4H3. The molecular weight excluding hydrogens is 389 g/mol. The van der Waals surface area contributed by atoms with Gasteiger partial charge in [-0.15, -0.1) is 0 Å². The highest BCUT2D eigenvalue weighted by Gasteiger charge is 2.13. The van der Waals surface area contributed by atoms with E-state index in [2.05, 4.69) is 32.0 Å². The number of carbonyl (C=O) groups excluding carboxylic acids is 1. The highest BCUT2D eigenvalue weighted by Crippen LogP contribution is 2.29. The number of halogens is 1. The average Bonchev–Trinajstić information content (AvgIpc) is 2.71. The van der Waals surface area contributed by atoms with Gasteiger partial charge in [-0.3, -0.25) is 4.79 Å². The van der Waals surface area contributed by atoms with E-state index < -0.39 is 0 Å². The van der Waals surface area contributed by atoms with Gasteiger partial charge in [-0.1, -0.05) is 53.6 Å². The molecule has 3 rings (SSSR count). The molecule has 0 aromatic heterocycles. The molecule has 0 fully saturated rings. The molecular formula is C27H28FNO2. The predicted molar refractivity (Wildman–Crippen MR) is 125 cm³/mol. The highest BCUT2D eigenvalue weighted by molar-refractivity contribution is 6.09. The number of rotatable bonds is 8. The van der Waals surface area contributed by atoms with Gasteiger partial charge in [-0.05, 0) is 75.0 Å². The van der Waals surface area contributed by atoms with Gasteiger partial charge in [0.1, 0.15) is 18.2 Å². The molecule has 0 saturated carbocycles. The number of likely N-dealkylation sites (N-methyl/N-ethyl adjacent to an activating group) is 1. The van der Waals surface area contributed by atoms with Crippen molar-refractivity contribution < 1.29 is 13.9 Å². The average molecular weight is 418 g/mol. The van der Waals surface area contributed by atoms with Gasteiger partial charge in [0.2, 0.25) is 0 Å². The van der Waals surface area contributed by atoms with E-state index in [0.29, 0.717) is 23.5 Å². The van der Waals surface area contributed by atoms with Gasteiger partial charge in [0, 0.05) is 6.54 Å². The first-order chi connectivity index (χ1) is 14.8. The summed E-state index contributed by atoms with van der Waals surface area (Å²) in [5.41, 5.74) is 5.46. The minimum atomic E-state index is -0.334. The fourth-order valence-corrected chi connectivity index (χ4v) is 3.38. The van der Waals surface area contributed by atoms with Crippen LogP contribution in [-0.2, 0) is 0 Å². The fourth-order valence-electron chi connectivity index (χ4n) is 3.38. The molecule has 3 aromatic rings. The van der Waals surface area contributed by atoms with Gasteiger partial charge in [0.15, 0.2) is 5.78 Å². The van der Waals surface area contributed by atoms with Gasteiger partial charge in [0.25, 0.3) is 0 Å². The van der Waals surface area contributed by atoms with Crippen LogP contribution in [0.1, 0.15) is 27.0 Å². The zero-order valence-corrected chi connectivity index (χ0v) is 18.5. The van der Waals surface area contributed by atoms with Crippen molar-refractivity contribution in [1.82, 2.24) is 4.90 Å². The summed E-state index contributed by atoms with van der Waals surface area (Å²) >= 11 is 0. The van der Waals surface area contributed by atoms with Crippen molar-refractivity contribution in [3.63, 3.8) is 0 Å². The van der Waals surface area contributed by atoms with Crippen LogP contribution < -0.4 is 4.74 Å². The predicted octanol–water partition coefficient (Wildman–Crippen LogP) is 5.95. The Morgan fingerprint density at radius 2 is 1.71 bits per heavy atom. The quantitative estimate of drug-likeness (QED) is 0.335. The Kier molecular flexibility index (Phi) is 7.37. The van der Waals surface area contributed by atoms with Gasteiger partial charge in [-0.2, -0.15) is 0 Å². The van der Waals surface area contributed by atoms with Crippen LogP contribution >= 0.6 is 0 Å². The normalized spacial score (nSPS) is 11.3.